The predicted molar refractivity (Wildman–Crippen MR) is 114 cm³/mol. The summed E-state index contributed by atoms with van der Waals surface area (Å²) in [5.41, 5.74) is 8.89. The van der Waals surface area contributed by atoms with Crippen LogP contribution in [0.15, 0.2) is 59.0 Å². The average molecular weight is 380 g/mol. The van der Waals surface area contributed by atoms with Gasteiger partial charge in [-0.05, 0) is 30.9 Å². The molecule has 0 saturated carbocycles. The molecule has 0 aliphatic carbocycles. The van der Waals surface area contributed by atoms with E-state index in [2.05, 4.69) is 45.2 Å². The van der Waals surface area contributed by atoms with Crippen LogP contribution in [0.1, 0.15) is 32.6 Å². The first-order valence-corrected chi connectivity index (χ1v) is 9.69. The molecule has 0 amide bonds. The van der Waals surface area contributed by atoms with Gasteiger partial charge in [0.05, 0.1) is 17.9 Å². The molecule has 1 atom stereocenters. The van der Waals surface area contributed by atoms with E-state index in [-0.39, 0.29) is 12.0 Å². The molecule has 7 heteroatoms. The highest BCUT2D eigenvalue weighted by atomic mass is 16.5. The third-order valence-corrected chi connectivity index (χ3v) is 4.51. The number of nitrogens with zero attached hydrogens (tertiary/aromatic N) is 3. The molecule has 148 valence electrons. The van der Waals surface area contributed by atoms with Crippen molar-refractivity contribution in [3.63, 3.8) is 0 Å². The first kappa shape index (κ1) is 19.7. The Kier molecular flexibility index (Phi) is 6.84. The van der Waals surface area contributed by atoms with Gasteiger partial charge in [0.1, 0.15) is 6.61 Å². The zero-order valence-electron chi connectivity index (χ0n) is 16.3. The number of nitrogens with one attached hydrogen (secondary N) is 2. The highest BCUT2D eigenvalue weighted by Crippen LogP contribution is 2.25. The lowest BCUT2D eigenvalue weighted by molar-refractivity contribution is 0.286. The number of aliphatic imine (C=N–C) groups is 1. The minimum absolute atomic E-state index is 0.0389. The summed E-state index contributed by atoms with van der Waals surface area (Å²) in [5, 5.41) is 6.60. The molecule has 3 heterocycles. The fourth-order valence-corrected chi connectivity index (χ4v) is 3.00. The molecule has 4 N–H and O–H groups in total. The van der Waals surface area contributed by atoms with Crippen LogP contribution in [0.2, 0.25) is 0 Å². The van der Waals surface area contributed by atoms with Crippen LogP contribution in [-0.4, -0.2) is 35.4 Å². The molecule has 1 aromatic heterocycles. The summed E-state index contributed by atoms with van der Waals surface area (Å²) in [4.78, 5) is 13.0. The quantitative estimate of drug-likeness (QED) is 0.628. The van der Waals surface area contributed by atoms with Gasteiger partial charge in [-0.1, -0.05) is 38.2 Å². The molecule has 0 aromatic carbocycles. The maximum absolute atomic E-state index is 6.00. The van der Waals surface area contributed by atoms with Gasteiger partial charge in [-0.2, -0.15) is 4.98 Å². The fourth-order valence-electron chi connectivity index (χ4n) is 3.00. The summed E-state index contributed by atoms with van der Waals surface area (Å²) >= 11 is 0. The molecule has 7 nitrogen and oxygen atoms in total. The van der Waals surface area contributed by atoms with Crippen molar-refractivity contribution in [1.82, 2.24) is 15.3 Å². The number of rotatable bonds is 7. The maximum Gasteiger partial charge on any atom is 0.222 e. The number of nitrogen functional groups attached to an aromatic ring is 1. The van der Waals surface area contributed by atoms with Crippen LogP contribution in [-0.2, 0) is 0 Å². The molecule has 1 unspecified atom stereocenters. The third-order valence-electron chi connectivity index (χ3n) is 4.51. The Bertz CT molecular complexity index is 824. The summed E-state index contributed by atoms with van der Waals surface area (Å²) in [7, 11) is 0. The van der Waals surface area contributed by atoms with Crippen molar-refractivity contribution in [2.24, 2.45) is 4.99 Å². The second kappa shape index (κ2) is 9.73. The number of dihydropyridines is 1. The van der Waals surface area contributed by atoms with Crippen LogP contribution in [0, 0.1) is 0 Å². The molecular weight excluding hydrogens is 352 g/mol. The largest absolute Gasteiger partial charge is 0.486 e. The van der Waals surface area contributed by atoms with Crippen molar-refractivity contribution in [2.45, 2.75) is 38.6 Å². The minimum Gasteiger partial charge on any atom is -0.486 e. The third kappa shape index (κ3) is 5.45. The molecule has 2 aliphatic rings. The van der Waals surface area contributed by atoms with Gasteiger partial charge < -0.3 is 21.1 Å². The number of nitrogens with two attached hydrogens (primary N) is 1. The Hall–Kier alpha value is -3.09. The van der Waals surface area contributed by atoms with E-state index in [0.717, 1.165) is 43.6 Å². The van der Waals surface area contributed by atoms with E-state index in [9.17, 15) is 0 Å². The summed E-state index contributed by atoms with van der Waals surface area (Å²) in [6, 6.07) is 0.0389. The first-order valence-electron chi connectivity index (χ1n) is 9.69. The molecule has 3 rings (SSSR count). The summed E-state index contributed by atoms with van der Waals surface area (Å²) in [6.45, 7) is 7.42. The number of allylic oxidation sites excluding steroid dienone is 5. The van der Waals surface area contributed by atoms with Gasteiger partial charge in [-0.3, -0.25) is 4.99 Å². The zero-order valence-corrected chi connectivity index (χ0v) is 16.3. The van der Waals surface area contributed by atoms with Gasteiger partial charge in [0, 0.05) is 18.5 Å². The van der Waals surface area contributed by atoms with E-state index in [1.54, 1.807) is 6.20 Å². The van der Waals surface area contributed by atoms with Crippen molar-refractivity contribution in [3.8, 4) is 5.75 Å². The SMILES string of the molecule is C=C1/C=C\C=C/CC2=C(C=NC(COc3cnc(N)nc3NCCCC)C2)N1. The summed E-state index contributed by atoms with van der Waals surface area (Å²) < 4.78 is 6.00. The number of ether oxygens (including phenoxy) is 1. The highest BCUT2D eigenvalue weighted by molar-refractivity contribution is 5.81. The van der Waals surface area contributed by atoms with E-state index in [4.69, 9.17) is 10.5 Å². The molecule has 0 radical (unpaired) electrons. The maximum atomic E-state index is 6.00. The van der Waals surface area contributed by atoms with Crippen LogP contribution >= 0.6 is 0 Å². The lowest BCUT2D eigenvalue weighted by Crippen LogP contribution is -2.25. The summed E-state index contributed by atoms with van der Waals surface area (Å²) in [5.74, 6) is 1.47. The van der Waals surface area contributed by atoms with Gasteiger partial charge >= 0.3 is 0 Å². The average Bonchev–Trinajstić information content (AvgIpc) is 2.77. The van der Waals surface area contributed by atoms with Crippen LogP contribution in [0.25, 0.3) is 0 Å². The number of unbranched alkanes of at least 4 members (excludes halogenated alkanes) is 1. The van der Waals surface area contributed by atoms with Gasteiger partial charge in [0.25, 0.3) is 0 Å². The van der Waals surface area contributed by atoms with E-state index < -0.39 is 0 Å². The number of aromatic nitrogens is 2. The lowest BCUT2D eigenvalue weighted by atomic mass is 9.99. The van der Waals surface area contributed by atoms with Gasteiger partial charge in [-0.15, -0.1) is 0 Å². The van der Waals surface area contributed by atoms with E-state index in [1.807, 2.05) is 24.4 Å². The monoisotopic (exact) mass is 380 g/mol. The smallest absolute Gasteiger partial charge is 0.222 e. The summed E-state index contributed by atoms with van der Waals surface area (Å²) in [6.07, 6.45) is 15.5. The lowest BCUT2D eigenvalue weighted by Gasteiger charge is -2.23. The Balaban J connectivity index is 1.63. The highest BCUT2D eigenvalue weighted by Gasteiger charge is 2.19. The standard InChI is InChI=1S/C21H28N6O/c1-3-4-10-23-20-19(13-25-21(22)27-20)28-14-17-11-16-9-7-5-6-8-15(2)26-18(16)12-24-17/h5-8,12-13,17,26H,2-4,9-11,14H2,1H3,(H3,22,23,25,27)/b7-5-,8-6-. The molecule has 2 aliphatic heterocycles. The normalized spacial score (nSPS) is 21.0. The van der Waals surface area contributed by atoms with Crippen molar-refractivity contribution >= 4 is 18.0 Å². The van der Waals surface area contributed by atoms with Crippen LogP contribution in [0.5, 0.6) is 5.75 Å². The molecule has 0 fully saturated rings. The Morgan fingerprint density at radius 2 is 2.29 bits per heavy atom. The number of anilines is 2. The van der Waals surface area contributed by atoms with Crippen molar-refractivity contribution in [1.29, 1.82) is 0 Å². The number of hydrogen-bond donors (Lipinski definition) is 3. The van der Waals surface area contributed by atoms with Gasteiger partial charge in [0.2, 0.25) is 5.95 Å². The molecule has 0 saturated heterocycles. The van der Waals surface area contributed by atoms with E-state index >= 15 is 0 Å². The second-order valence-corrected chi connectivity index (χ2v) is 6.83. The Labute approximate surface area is 166 Å². The van der Waals surface area contributed by atoms with Crippen molar-refractivity contribution in [3.05, 3.63) is 54.0 Å². The first-order chi connectivity index (χ1) is 13.7. The molecule has 0 spiro atoms. The Morgan fingerprint density at radius 3 is 3.14 bits per heavy atom. The van der Waals surface area contributed by atoms with Crippen molar-refractivity contribution < 1.29 is 4.74 Å². The molecule has 1 aromatic rings. The molecule has 0 bridgehead atoms. The number of hydrogen-bond acceptors (Lipinski definition) is 7. The predicted octanol–water partition coefficient (Wildman–Crippen LogP) is 3.37. The Morgan fingerprint density at radius 1 is 1.39 bits per heavy atom. The van der Waals surface area contributed by atoms with Gasteiger partial charge in [0.15, 0.2) is 11.6 Å². The van der Waals surface area contributed by atoms with E-state index in [0.29, 0.717) is 18.2 Å². The molecular formula is C21H28N6O. The topological polar surface area (TPSA) is 97.5 Å². The fraction of sp³-hybridized carbons (Fsp3) is 0.381. The molecule has 28 heavy (non-hydrogen) atoms. The van der Waals surface area contributed by atoms with Crippen molar-refractivity contribution in [2.75, 3.05) is 24.2 Å². The van der Waals surface area contributed by atoms with Gasteiger partial charge in [-0.25, -0.2) is 4.98 Å². The van der Waals surface area contributed by atoms with E-state index in [1.165, 1.54) is 5.57 Å². The van der Waals surface area contributed by atoms with Crippen LogP contribution < -0.4 is 21.1 Å². The van der Waals surface area contributed by atoms with Crippen LogP contribution in [0.4, 0.5) is 11.8 Å². The minimum atomic E-state index is 0.0389. The second-order valence-electron chi connectivity index (χ2n) is 6.83. The zero-order chi connectivity index (χ0) is 19.8. The van der Waals surface area contributed by atoms with Crippen LogP contribution in [0.3, 0.4) is 0 Å².